The minimum atomic E-state index is -0.326. The zero-order valence-corrected chi connectivity index (χ0v) is 16.3. The summed E-state index contributed by atoms with van der Waals surface area (Å²) in [6.07, 6.45) is 5.64. The molecule has 0 aliphatic carbocycles. The Morgan fingerprint density at radius 1 is 1.18 bits per heavy atom. The molecule has 0 saturated carbocycles. The van der Waals surface area contributed by atoms with Crippen molar-refractivity contribution in [3.05, 3.63) is 64.4 Å². The number of hydrogen-bond acceptors (Lipinski definition) is 4. The number of fused-ring (bicyclic) bond motifs is 1. The first-order valence-electron chi connectivity index (χ1n) is 10.0. The van der Waals surface area contributed by atoms with Crippen LogP contribution in [-0.4, -0.2) is 26.7 Å². The van der Waals surface area contributed by atoms with Gasteiger partial charge in [-0.05, 0) is 43.5 Å². The number of benzene rings is 1. The molecular weight excluding hydrogens is 356 g/mol. The number of hydrogen-bond donors (Lipinski definition) is 2. The largest absolute Gasteiger partial charge is 0.497 e. The summed E-state index contributed by atoms with van der Waals surface area (Å²) < 4.78 is 16.3. The molecule has 0 spiro atoms. The zero-order chi connectivity index (χ0) is 19.3. The van der Waals surface area contributed by atoms with Crippen molar-refractivity contribution >= 4 is 11.0 Å². The summed E-state index contributed by atoms with van der Waals surface area (Å²) in [5.74, 6) is 1.73. The SMILES string of the molecule is COc1ccc2c(C[NH2+]C[C@@H](c3ccco3)[NH+]3CCCCC3)cc(=O)oc2c1. The molecular formula is C22H28N2O4+2. The van der Waals surface area contributed by atoms with Crippen molar-refractivity contribution in [1.29, 1.82) is 0 Å². The lowest BCUT2D eigenvalue weighted by molar-refractivity contribution is -0.951. The quantitative estimate of drug-likeness (QED) is 0.602. The van der Waals surface area contributed by atoms with Gasteiger partial charge in [-0.2, -0.15) is 0 Å². The number of furan rings is 1. The fourth-order valence-corrected chi connectivity index (χ4v) is 4.24. The predicted octanol–water partition coefficient (Wildman–Crippen LogP) is 1.27. The van der Waals surface area contributed by atoms with Gasteiger partial charge in [0.2, 0.25) is 0 Å². The van der Waals surface area contributed by atoms with E-state index in [1.54, 1.807) is 30.4 Å². The molecule has 1 saturated heterocycles. The Bertz CT molecular complexity index is 958. The fourth-order valence-electron chi connectivity index (χ4n) is 4.24. The number of quaternary nitrogens is 2. The van der Waals surface area contributed by atoms with Gasteiger partial charge in [0.1, 0.15) is 24.4 Å². The van der Waals surface area contributed by atoms with Gasteiger partial charge in [0.25, 0.3) is 0 Å². The molecule has 148 valence electrons. The third-order valence-electron chi connectivity index (χ3n) is 5.68. The summed E-state index contributed by atoms with van der Waals surface area (Å²) in [4.78, 5) is 13.6. The van der Waals surface area contributed by atoms with Crippen molar-refractivity contribution in [2.75, 3.05) is 26.7 Å². The van der Waals surface area contributed by atoms with Crippen molar-refractivity contribution in [2.24, 2.45) is 0 Å². The van der Waals surface area contributed by atoms with E-state index in [4.69, 9.17) is 13.6 Å². The van der Waals surface area contributed by atoms with Crippen LogP contribution >= 0.6 is 0 Å². The number of nitrogens with one attached hydrogen (secondary N) is 1. The first-order chi connectivity index (χ1) is 13.7. The molecule has 0 radical (unpaired) electrons. The first-order valence-corrected chi connectivity index (χ1v) is 10.0. The molecule has 1 fully saturated rings. The standard InChI is InChI=1S/C22H26N2O4/c1-26-17-7-8-18-16(12-22(25)28-21(18)13-17)14-23-15-19(20-6-5-11-27-20)24-9-3-2-4-10-24/h5-8,11-13,19,23H,2-4,9-10,14-15H2,1H3/p+2/t19-/m0/s1. The number of nitrogens with two attached hydrogens (primary N) is 1. The smallest absolute Gasteiger partial charge is 0.336 e. The van der Waals surface area contributed by atoms with Crippen LogP contribution in [0.1, 0.15) is 36.6 Å². The van der Waals surface area contributed by atoms with Gasteiger partial charge < -0.3 is 23.8 Å². The van der Waals surface area contributed by atoms with E-state index in [-0.39, 0.29) is 5.63 Å². The number of ether oxygens (including phenoxy) is 1. The Kier molecular flexibility index (Phi) is 5.78. The van der Waals surface area contributed by atoms with E-state index in [0.717, 1.165) is 29.8 Å². The molecule has 3 N–H and O–H groups in total. The highest BCUT2D eigenvalue weighted by Crippen LogP contribution is 2.22. The third-order valence-corrected chi connectivity index (χ3v) is 5.68. The maximum absolute atomic E-state index is 12.0. The summed E-state index contributed by atoms with van der Waals surface area (Å²) in [6.45, 7) is 4.02. The summed E-state index contributed by atoms with van der Waals surface area (Å²) in [7, 11) is 1.61. The van der Waals surface area contributed by atoms with Crippen molar-refractivity contribution in [3.63, 3.8) is 0 Å². The average Bonchev–Trinajstić information content (AvgIpc) is 3.25. The molecule has 2 aromatic heterocycles. The molecule has 1 atom stereocenters. The highest BCUT2D eigenvalue weighted by molar-refractivity contribution is 5.81. The van der Waals surface area contributed by atoms with E-state index in [1.165, 1.54) is 32.4 Å². The van der Waals surface area contributed by atoms with Crippen LogP contribution in [0.2, 0.25) is 0 Å². The Morgan fingerprint density at radius 3 is 2.79 bits per heavy atom. The lowest BCUT2D eigenvalue weighted by atomic mass is 10.1. The summed E-state index contributed by atoms with van der Waals surface area (Å²) in [5.41, 5.74) is 1.23. The second-order valence-corrected chi connectivity index (χ2v) is 7.47. The van der Waals surface area contributed by atoms with Crippen LogP contribution in [0.4, 0.5) is 0 Å². The number of likely N-dealkylation sites (tertiary alicyclic amines) is 1. The van der Waals surface area contributed by atoms with E-state index in [0.29, 0.717) is 17.4 Å². The van der Waals surface area contributed by atoms with Crippen molar-refractivity contribution in [1.82, 2.24) is 0 Å². The monoisotopic (exact) mass is 384 g/mol. The fraction of sp³-hybridized carbons (Fsp3) is 0.409. The molecule has 0 bridgehead atoms. The van der Waals surface area contributed by atoms with Crippen LogP contribution in [0, 0.1) is 0 Å². The topological polar surface area (TPSA) is 73.6 Å². The van der Waals surface area contributed by atoms with Gasteiger partial charge in [0.15, 0.2) is 11.8 Å². The zero-order valence-electron chi connectivity index (χ0n) is 16.3. The molecule has 0 unspecified atom stereocenters. The number of methoxy groups -OCH3 is 1. The van der Waals surface area contributed by atoms with E-state index < -0.39 is 0 Å². The Balaban J connectivity index is 1.50. The minimum Gasteiger partial charge on any atom is -0.497 e. The van der Waals surface area contributed by atoms with Gasteiger partial charge in [0.05, 0.1) is 26.5 Å². The van der Waals surface area contributed by atoms with Crippen molar-refractivity contribution in [3.8, 4) is 5.75 Å². The number of piperidine rings is 1. The summed E-state index contributed by atoms with van der Waals surface area (Å²) >= 11 is 0. The highest BCUT2D eigenvalue weighted by Gasteiger charge is 2.29. The molecule has 1 aliphatic heterocycles. The Morgan fingerprint density at radius 2 is 2.04 bits per heavy atom. The lowest BCUT2D eigenvalue weighted by Gasteiger charge is -2.29. The van der Waals surface area contributed by atoms with E-state index >= 15 is 0 Å². The van der Waals surface area contributed by atoms with Gasteiger partial charge in [0, 0.05) is 23.1 Å². The average molecular weight is 384 g/mol. The van der Waals surface area contributed by atoms with Crippen LogP contribution in [0.15, 0.2) is 56.3 Å². The van der Waals surface area contributed by atoms with Crippen LogP contribution in [0.25, 0.3) is 11.0 Å². The maximum Gasteiger partial charge on any atom is 0.336 e. The van der Waals surface area contributed by atoms with E-state index in [1.807, 2.05) is 18.2 Å². The van der Waals surface area contributed by atoms with Gasteiger partial charge in [-0.3, -0.25) is 0 Å². The van der Waals surface area contributed by atoms with Gasteiger partial charge in [-0.25, -0.2) is 4.79 Å². The third kappa shape index (κ3) is 4.13. The molecule has 0 amide bonds. The van der Waals surface area contributed by atoms with E-state index in [2.05, 4.69) is 11.4 Å². The second-order valence-electron chi connectivity index (χ2n) is 7.47. The number of rotatable bonds is 7. The molecule has 1 aromatic carbocycles. The van der Waals surface area contributed by atoms with Crippen LogP contribution < -0.4 is 20.6 Å². The molecule has 1 aliphatic rings. The summed E-state index contributed by atoms with van der Waals surface area (Å²) in [5, 5.41) is 3.23. The molecule has 3 aromatic rings. The Hall–Kier alpha value is -2.57. The van der Waals surface area contributed by atoms with Crippen LogP contribution in [0.5, 0.6) is 5.75 Å². The molecule has 28 heavy (non-hydrogen) atoms. The van der Waals surface area contributed by atoms with Gasteiger partial charge >= 0.3 is 5.63 Å². The molecule has 4 rings (SSSR count). The highest BCUT2D eigenvalue weighted by atomic mass is 16.5. The van der Waals surface area contributed by atoms with Gasteiger partial charge in [-0.15, -0.1) is 0 Å². The van der Waals surface area contributed by atoms with E-state index in [9.17, 15) is 4.79 Å². The minimum absolute atomic E-state index is 0.326. The first kappa shape index (κ1) is 18.8. The Labute approximate surface area is 164 Å². The molecule has 6 heteroatoms. The van der Waals surface area contributed by atoms with Crippen molar-refractivity contribution in [2.45, 2.75) is 31.8 Å². The van der Waals surface area contributed by atoms with Crippen LogP contribution in [-0.2, 0) is 6.54 Å². The summed E-state index contributed by atoms with van der Waals surface area (Å²) in [6, 6.07) is 11.6. The van der Waals surface area contributed by atoms with Crippen LogP contribution in [0.3, 0.4) is 0 Å². The van der Waals surface area contributed by atoms with Crippen molar-refractivity contribution < 1.29 is 23.8 Å². The predicted molar refractivity (Wildman–Crippen MR) is 106 cm³/mol. The normalized spacial score (nSPS) is 16.3. The second kappa shape index (κ2) is 8.63. The molecule has 6 nitrogen and oxygen atoms in total. The van der Waals surface area contributed by atoms with Gasteiger partial charge in [-0.1, -0.05) is 0 Å². The molecule has 3 heterocycles. The maximum atomic E-state index is 12.0. The lowest BCUT2D eigenvalue weighted by Crippen LogP contribution is -3.15.